The Morgan fingerprint density at radius 2 is 1.77 bits per heavy atom. The Bertz CT molecular complexity index is 514. The molecule has 0 radical (unpaired) electrons. The minimum Gasteiger partial charge on any atom is -0.343 e. The van der Waals surface area contributed by atoms with Crippen LogP contribution in [0.5, 0.6) is 0 Å². The van der Waals surface area contributed by atoms with Crippen molar-refractivity contribution in [2.45, 2.75) is 40.0 Å². The van der Waals surface area contributed by atoms with Gasteiger partial charge in [-0.25, -0.2) is 0 Å². The highest BCUT2D eigenvalue weighted by atomic mass is 16.2. The number of anilines is 1. The van der Waals surface area contributed by atoms with Crippen molar-refractivity contribution >= 4 is 17.5 Å². The van der Waals surface area contributed by atoms with Gasteiger partial charge in [0.1, 0.15) is 0 Å². The number of hydrogen-bond acceptors (Lipinski definition) is 2. The number of aryl methyl sites for hydroxylation is 1. The topological polar surface area (TPSA) is 49.4 Å². The Morgan fingerprint density at radius 3 is 2.32 bits per heavy atom. The summed E-state index contributed by atoms with van der Waals surface area (Å²) in [5, 5.41) is 2.97. The number of nitrogens with zero attached hydrogens (tertiary/aromatic N) is 1. The van der Waals surface area contributed by atoms with E-state index in [4.69, 9.17) is 0 Å². The summed E-state index contributed by atoms with van der Waals surface area (Å²) in [6, 6.07) is 7.83. The van der Waals surface area contributed by atoms with Crippen molar-refractivity contribution in [2.75, 3.05) is 18.4 Å². The van der Waals surface area contributed by atoms with Gasteiger partial charge in [-0.3, -0.25) is 9.59 Å². The molecule has 22 heavy (non-hydrogen) atoms. The molecule has 0 saturated carbocycles. The quantitative estimate of drug-likeness (QED) is 0.928. The molecule has 1 N–H and O–H groups in total. The van der Waals surface area contributed by atoms with Crippen LogP contribution in [0, 0.1) is 18.8 Å². The van der Waals surface area contributed by atoms with E-state index in [2.05, 4.69) is 19.2 Å². The Morgan fingerprint density at radius 1 is 1.18 bits per heavy atom. The van der Waals surface area contributed by atoms with E-state index in [0.29, 0.717) is 25.4 Å². The summed E-state index contributed by atoms with van der Waals surface area (Å²) in [6.45, 7) is 7.52. The first-order chi connectivity index (χ1) is 10.5. The fourth-order valence-corrected chi connectivity index (χ4v) is 2.75. The molecule has 1 fully saturated rings. The van der Waals surface area contributed by atoms with E-state index in [1.807, 2.05) is 36.1 Å². The molecule has 1 aromatic carbocycles. The van der Waals surface area contributed by atoms with Gasteiger partial charge < -0.3 is 10.2 Å². The third-order valence-corrected chi connectivity index (χ3v) is 4.12. The Hall–Kier alpha value is -1.84. The molecule has 120 valence electrons. The van der Waals surface area contributed by atoms with Crippen molar-refractivity contribution in [2.24, 2.45) is 11.8 Å². The standard InChI is InChI=1S/C18H26N2O2/c1-13(2)12-17(21)20-10-8-15(9-11-20)18(22)19-16-6-4-14(3)5-7-16/h4-7,13,15H,8-12H2,1-3H3,(H,19,22). The summed E-state index contributed by atoms with van der Waals surface area (Å²) >= 11 is 0. The minimum absolute atomic E-state index is 0.00408. The van der Waals surface area contributed by atoms with Gasteiger partial charge in [0, 0.05) is 31.1 Å². The van der Waals surface area contributed by atoms with Crippen LogP contribution in [0.3, 0.4) is 0 Å². The first kappa shape index (κ1) is 16.5. The third kappa shape index (κ3) is 4.58. The van der Waals surface area contributed by atoms with Gasteiger partial charge >= 0.3 is 0 Å². The van der Waals surface area contributed by atoms with Crippen LogP contribution in [-0.2, 0) is 9.59 Å². The van der Waals surface area contributed by atoms with Gasteiger partial charge in [0.05, 0.1) is 0 Å². The van der Waals surface area contributed by atoms with Crippen molar-refractivity contribution in [3.05, 3.63) is 29.8 Å². The van der Waals surface area contributed by atoms with E-state index in [-0.39, 0.29) is 17.7 Å². The predicted octanol–water partition coefficient (Wildman–Crippen LogP) is 3.22. The van der Waals surface area contributed by atoms with Gasteiger partial charge in [0.15, 0.2) is 0 Å². The number of hydrogen-bond donors (Lipinski definition) is 1. The molecule has 0 atom stereocenters. The van der Waals surface area contributed by atoms with Gasteiger partial charge in [0.25, 0.3) is 0 Å². The second kappa shape index (κ2) is 7.43. The first-order valence-electron chi connectivity index (χ1n) is 8.11. The number of amides is 2. The van der Waals surface area contributed by atoms with Crippen LogP contribution in [0.2, 0.25) is 0 Å². The zero-order valence-corrected chi connectivity index (χ0v) is 13.8. The van der Waals surface area contributed by atoms with E-state index in [1.54, 1.807) is 0 Å². The van der Waals surface area contributed by atoms with E-state index < -0.39 is 0 Å². The molecule has 4 nitrogen and oxygen atoms in total. The molecular weight excluding hydrogens is 276 g/mol. The predicted molar refractivity (Wildman–Crippen MR) is 88.6 cm³/mol. The largest absolute Gasteiger partial charge is 0.343 e. The fraction of sp³-hybridized carbons (Fsp3) is 0.556. The normalized spacial score (nSPS) is 15.9. The second-order valence-corrected chi connectivity index (χ2v) is 6.61. The Kier molecular flexibility index (Phi) is 5.58. The highest BCUT2D eigenvalue weighted by Gasteiger charge is 2.27. The van der Waals surface area contributed by atoms with Gasteiger partial charge in [-0.1, -0.05) is 31.5 Å². The van der Waals surface area contributed by atoms with E-state index >= 15 is 0 Å². The lowest BCUT2D eigenvalue weighted by molar-refractivity contribution is -0.135. The van der Waals surface area contributed by atoms with Crippen LogP contribution >= 0.6 is 0 Å². The maximum Gasteiger partial charge on any atom is 0.227 e. The molecule has 1 aliphatic rings. The summed E-state index contributed by atoms with van der Waals surface area (Å²) in [4.78, 5) is 26.2. The molecule has 2 rings (SSSR count). The van der Waals surface area contributed by atoms with Crippen molar-refractivity contribution in [3.63, 3.8) is 0 Å². The number of likely N-dealkylation sites (tertiary alicyclic amines) is 1. The second-order valence-electron chi connectivity index (χ2n) is 6.61. The van der Waals surface area contributed by atoms with Crippen molar-refractivity contribution in [3.8, 4) is 0 Å². The van der Waals surface area contributed by atoms with Gasteiger partial charge in [-0.15, -0.1) is 0 Å². The number of carbonyl (C=O) groups excluding carboxylic acids is 2. The molecule has 0 spiro atoms. The van der Waals surface area contributed by atoms with Crippen molar-refractivity contribution < 1.29 is 9.59 Å². The Labute approximate surface area is 132 Å². The molecule has 1 heterocycles. The average molecular weight is 302 g/mol. The van der Waals surface area contributed by atoms with Crippen LogP contribution in [0.15, 0.2) is 24.3 Å². The number of carbonyl (C=O) groups is 2. The van der Waals surface area contributed by atoms with Crippen LogP contribution in [0.25, 0.3) is 0 Å². The molecule has 1 saturated heterocycles. The molecule has 2 amide bonds. The molecular formula is C18H26N2O2. The molecule has 1 aromatic rings. The van der Waals surface area contributed by atoms with Gasteiger partial charge in [-0.2, -0.15) is 0 Å². The fourth-order valence-electron chi connectivity index (χ4n) is 2.75. The van der Waals surface area contributed by atoms with E-state index in [0.717, 1.165) is 18.5 Å². The van der Waals surface area contributed by atoms with Gasteiger partial charge in [-0.05, 0) is 37.8 Å². The molecule has 4 heteroatoms. The molecule has 1 aliphatic heterocycles. The highest BCUT2D eigenvalue weighted by Crippen LogP contribution is 2.21. The van der Waals surface area contributed by atoms with E-state index in [9.17, 15) is 9.59 Å². The monoisotopic (exact) mass is 302 g/mol. The van der Waals surface area contributed by atoms with Crippen LogP contribution in [0.4, 0.5) is 5.69 Å². The zero-order chi connectivity index (χ0) is 16.1. The van der Waals surface area contributed by atoms with Crippen LogP contribution in [-0.4, -0.2) is 29.8 Å². The lowest BCUT2D eigenvalue weighted by atomic mass is 9.95. The molecule has 0 aliphatic carbocycles. The smallest absolute Gasteiger partial charge is 0.227 e. The first-order valence-corrected chi connectivity index (χ1v) is 8.11. The van der Waals surface area contributed by atoms with Gasteiger partial charge in [0.2, 0.25) is 11.8 Å². The summed E-state index contributed by atoms with van der Waals surface area (Å²) in [6.07, 6.45) is 2.10. The maximum atomic E-state index is 12.3. The minimum atomic E-state index is 0.00408. The van der Waals surface area contributed by atoms with Crippen molar-refractivity contribution in [1.29, 1.82) is 0 Å². The summed E-state index contributed by atoms with van der Waals surface area (Å²) in [7, 11) is 0. The lowest BCUT2D eigenvalue weighted by Gasteiger charge is -2.31. The van der Waals surface area contributed by atoms with Crippen molar-refractivity contribution in [1.82, 2.24) is 4.90 Å². The average Bonchev–Trinajstić information content (AvgIpc) is 2.49. The number of piperidine rings is 1. The lowest BCUT2D eigenvalue weighted by Crippen LogP contribution is -2.41. The zero-order valence-electron chi connectivity index (χ0n) is 13.8. The Balaban J connectivity index is 1.82. The highest BCUT2D eigenvalue weighted by molar-refractivity contribution is 5.92. The molecule has 0 unspecified atom stereocenters. The third-order valence-electron chi connectivity index (χ3n) is 4.12. The number of benzene rings is 1. The number of rotatable bonds is 4. The summed E-state index contributed by atoms with van der Waals surface area (Å²) in [5.41, 5.74) is 2.02. The van der Waals surface area contributed by atoms with Crippen LogP contribution < -0.4 is 5.32 Å². The van der Waals surface area contributed by atoms with Crippen LogP contribution in [0.1, 0.15) is 38.7 Å². The summed E-state index contributed by atoms with van der Waals surface area (Å²) < 4.78 is 0. The molecule has 0 aromatic heterocycles. The summed E-state index contributed by atoms with van der Waals surface area (Å²) in [5.74, 6) is 0.673. The maximum absolute atomic E-state index is 12.3. The molecule has 0 bridgehead atoms. The van der Waals surface area contributed by atoms with E-state index in [1.165, 1.54) is 5.56 Å². The number of nitrogens with one attached hydrogen (secondary N) is 1. The SMILES string of the molecule is Cc1ccc(NC(=O)C2CCN(C(=O)CC(C)C)CC2)cc1.